The smallest absolute Gasteiger partial charge is 0.252 e. The zero-order valence-electron chi connectivity index (χ0n) is 14.8. The molecule has 28 heavy (non-hydrogen) atoms. The van der Waals surface area contributed by atoms with Gasteiger partial charge in [0.2, 0.25) is 5.78 Å². The first-order valence-corrected chi connectivity index (χ1v) is 9.52. The average molecular weight is 388 g/mol. The zero-order valence-corrected chi connectivity index (χ0v) is 15.6. The summed E-state index contributed by atoms with van der Waals surface area (Å²) in [5, 5.41) is 12.7. The molecular formula is C21H16N4O2S. The Bertz CT molecular complexity index is 1100. The SMILES string of the molecule is O=C(NCc1nncn1-c1ccccc1)c1ccccc1C(=O)c1cccs1. The lowest BCUT2D eigenvalue weighted by Gasteiger charge is -2.10. The number of thiophene rings is 1. The predicted molar refractivity (Wildman–Crippen MR) is 107 cm³/mol. The van der Waals surface area contributed by atoms with E-state index in [1.54, 1.807) is 36.7 Å². The van der Waals surface area contributed by atoms with Crippen molar-refractivity contribution < 1.29 is 9.59 Å². The van der Waals surface area contributed by atoms with Crippen LogP contribution in [0.3, 0.4) is 0 Å². The molecule has 6 nitrogen and oxygen atoms in total. The van der Waals surface area contributed by atoms with Gasteiger partial charge in [0.15, 0.2) is 5.82 Å². The lowest BCUT2D eigenvalue weighted by atomic mass is 10.0. The van der Waals surface area contributed by atoms with E-state index in [0.29, 0.717) is 21.8 Å². The molecule has 0 unspecified atom stereocenters. The highest BCUT2D eigenvalue weighted by Crippen LogP contribution is 2.18. The second-order valence-electron chi connectivity index (χ2n) is 5.99. The molecule has 2 aromatic carbocycles. The minimum Gasteiger partial charge on any atom is -0.345 e. The number of rotatable bonds is 6. The summed E-state index contributed by atoms with van der Waals surface area (Å²) < 4.78 is 1.81. The van der Waals surface area contributed by atoms with Crippen LogP contribution >= 0.6 is 11.3 Å². The number of ketones is 1. The quantitative estimate of drug-likeness (QED) is 0.513. The van der Waals surface area contributed by atoms with Gasteiger partial charge in [-0.1, -0.05) is 42.5 Å². The van der Waals surface area contributed by atoms with Crippen molar-refractivity contribution in [2.45, 2.75) is 6.54 Å². The van der Waals surface area contributed by atoms with Crippen LogP contribution in [0.25, 0.3) is 5.69 Å². The standard InChI is InChI=1S/C21H16N4O2S/c26-20(18-11-6-12-28-18)16-9-4-5-10-17(16)21(27)22-13-19-24-23-14-25(19)15-7-2-1-3-8-15/h1-12,14H,13H2,(H,22,27). The van der Waals surface area contributed by atoms with Crippen LogP contribution in [-0.4, -0.2) is 26.5 Å². The van der Waals surface area contributed by atoms with Crippen LogP contribution < -0.4 is 5.32 Å². The van der Waals surface area contributed by atoms with Gasteiger partial charge in [0.25, 0.3) is 5.91 Å². The first kappa shape index (κ1) is 17.8. The number of aromatic nitrogens is 3. The Morgan fingerprint density at radius 1 is 0.929 bits per heavy atom. The maximum atomic E-state index is 12.8. The van der Waals surface area contributed by atoms with Gasteiger partial charge in [-0.25, -0.2) is 0 Å². The van der Waals surface area contributed by atoms with Crippen molar-refractivity contribution in [3.8, 4) is 5.69 Å². The molecule has 4 rings (SSSR count). The van der Waals surface area contributed by atoms with Gasteiger partial charge in [0.1, 0.15) is 6.33 Å². The van der Waals surface area contributed by atoms with Gasteiger partial charge < -0.3 is 5.32 Å². The van der Waals surface area contributed by atoms with Crippen molar-refractivity contribution in [1.82, 2.24) is 20.1 Å². The fraction of sp³-hybridized carbons (Fsp3) is 0.0476. The first-order valence-electron chi connectivity index (χ1n) is 8.64. The topological polar surface area (TPSA) is 76.9 Å². The Balaban J connectivity index is 1.53. The fourth-order valence-electron chi connectivity index (χ4n) is 2.86. The van der Waals surface area contributed by atoms with E-state index in [1.165, 1.54) is 11.3 Å². The summed E-state index contributed by atoms with van der Waals surface area (Å²) in [7, 11) is 0. The summed E-state index contributed by atoms with van der Waals surface area (Å²) in [5.74, 6) is 0.109. The van der Waals surface area contributed by atoms with Gasteiger partial charge in [0, 0.05) is 11.3 Å². The summed E-state index contributed by atoms with van der Waals surface area (Å²) in [4.78, 5) is 26.1. The van der Waals surface area contributed by atoms with Crippen molar-refractivity contribution in [2.24, 2.45) is 0 Å². The third-order valence-electron chi connectivity index (χ3n) is 4.22. The largest absolute Gasteiger partial charge is 0.345 e. The number of nitrogens with one attached hydrogen (secondary N) is 1. The van der Waals surface area contributed by atoms with Crippen molar-refractivity contribution in [2.75, 3.05) is 0 Å². The van der Waals surface area contributed by atoms with Crippen LogP contribution in [0.5, 0.6) is 0 Å². The molecule has 2 aromatic heterocycles. The van der Waals surface area contributed by atoms with E-state index in [1.807, 2.05) is 46.3 Å². The van der Waals surface area contributed by atoms with Crippen LogP contribution in [-0.2, 0) is 6.54 Å². The molecule has 1 amide bonds. The highest BCUT2D eigenvalue weighted by Gasteiger charge is 2.19. The van der Waals surface area contributed by atoms with Gasteiger partial charge in [0.05, 0.1) is 17.0 Å². The third kappa shape index (κ3) is 3.60. The summed E-state index contributed by atoms with van der Waals surface area (Å²) >= 11 is 1.35. The van der Waals surface area contributed by atoms with E-state index in [-0.39, 0.29) is 18.2 Å². The first-order chi connectivity index (χ1) is 13.7. The molecule has 0 atom stereocenters. The van der Waals surface area contributed by atoms with E-state index in [2.05, 4.69) is 15.5 Å². The number of hydrogen-bond acceptors (Lipinski definition) is 5. The molecule has 0 saturated carbocycles. The van der Waals surface area contributed by atoms with Crippen LogP contribution in [0.2, 0.25) is 0 Å². The maximum Gasteiger partial charge on any atom is 0.252 e. The Morgan fingerprint density at radius 3 is 2.43 bits per heavy atom. The van der Waals surface area contributed by atoms with E-state index >= 15 is 0 Å². The predicted octanol–water partition coefficient (Wildman–Crippen LogP) is 3.49. The zero-order chi connectivity index (χ0) is 19.3. The average Bonchev–Trinajstić information content (AvgIpc) is 3.44. The molecule has 138 valence electrons. The molecule has 0 saturated heterocycles. The van der Waals surface area contributed by atoms with Crippen LogP contribution in [0.4, 0.5) is 0 Å². The van der Waals surface area contributed by atoms with Crippen molar-refractivity contribution >= 4 is 23.0 Å². The Kier molecular flexibility index (Phi) is 5.07. The molecule has 0 aliphatic rings. The number of para-hydroxylation sites is 1. The van der Waals surface area contributed by atoms with Gasteiger partial charge in [-0.15, -0.1) is 21.5 Å². The van der Waals surface area contributed by atoms with Gasteiger partial charge in [-0.3, -0.25) is 14.2 Å². The Hall–Kier alpha value is -3.58. The summed E-state index contributed by atoms with van der Waals surface area (Å²) in [5.41, 5.74) is 1.63. The molecule has 2 heterocycles. The number of hydrogen-bond donors (Lipinski definition) is 1. The van der Waals surface area contributed by atoms with Crippen molar-refractivity contribution in [3.05, 3.63) is 100 Å². The van der Waals surface area contributed by atoms with Crippen LogP contribution in [0.15, 0.2) is 78.4 Å². The van der Waals surface area contributed by atoms with Crippen LogP contribution in [0.1, 0.15) is 31.4 Å². The molecule has 0 radical (unpaired) electrons. The Labute approximate surface area is 165 Å². The second kappa shape index (κ2) is 7.98. The molecule has 1 N–H and O–H groups in total. The summed E-state index contributed by atoms with van der Waals surface area (Å²) in [6.45, 7) is 0.190. The molecule has 7 heteroatoms. The number of carbonyl (C=O) groups is 2. The summed E-state index contributed by atoms with van der Waals surface area (Å²) in [6.07, 6.45) is 1.60. The van der Waals surface area contributed by atoms with Gasteiger partial charge in [-0.05, 0) is 29.6 Å². The fourth-order valence-corrected chi connectivity index (χ4v) is 3.54. The third-order valence-corrected chi connectivity index (χ3v) is 5.09. The number of nitrogens with zero attached hydrogens (tertiary/aromatic N) is 3. The van der Waals surface area contributed by atoms with Crippen molar-refractivity contribution in [3.63, 3.8) is 0 Å². The lowest BCUT2D eigenvalue weighted by Crippen LogP contribution is -2.26. The lowest BCUT2D eigenvalue weighted by molar-refractivity contribution is 0.0939. The molecule has 0 fully saturated rings. The summed E-state index contributed by atoms with van der Waals surface area (Å²) in [6, 6.07) is 20.0. The molecule has 0 aliphatic heterocycles. The Morgan fingerprint density at radius 2 is 1.68 bits per heavy atom. The number of benzene rings is 2. The van der Waals surface area contributed by atoms with E-state index in [0.717, 1.165) is 5.69 Å². The molecule has 0 bridgehead atoms. The number of amides is 1. The minimum absolute atomic E-state index is 0.159. The molecule has 0 aliphatic carbocycles. The maximum absolute atomic E-state index is 12.8. The monoisotopic (exact) mass is 388 g/mol. The second-order valence-corrected chi connectivity index (χ2v) is 6.94. The van der Waals surface area contributed by atoms with E-state index in [9.17, 15) is 9.59 Å². The molecular weight excluding hydrogens is 372 g/mol. The van der Waals surface area contributed by atoms with Crippen molar-refractivity contribution in [1.29, 1.82) is 0 Å². The highest BCUT2D eigenvalue weighted by molar-refractivity contribution is 7.12. The van der Waals surface area contributed by atoms with E-state index < -0.39 is 0 Å². The molecule has 0 spiro atoms. The van der Waals surface area contributed by atoms with Gasteiger partial charge in [-0.2, -0.15) is 0 Å². The molecule has 4 aromatic rings. The minimum atomic E-state index is -0.330. The highest BCUT2D eigenvalue weighted by atomic mass is 32.1. The van der Waals surface area contributed by atoms with Crippen LogP contribution in [0, 0.1) is 0 Å². The number of carbonyl (C=O) groups excluding carboxylic acids is 2. The van der Waals surface area contributed by atoms with Gasteiger partial charge >= 0.3 is 0 Å². The normalized spacial score (nSPS) is 10.6. The van der Waals surface area contributed by atoms with E-state index in [4.69, 9.17) is 0 Å².